The molecule has 0 fully saturated rings. The topological polar surface area (TPSA) is 39.3 Å². The van der Waals surface area contributed by atoms with E-state index in [4.69, 9.17) is 0 Å². The Labute approximate surface area is 82.0 Å². The fraction of sp³-hybridized carbons (Fsp3) is 0.143. The molecule has 0 spiro atoms. The first-order valence-corrected chi connectivity index (χ1v) is 4.46. The first-order valence-electron chi connectivity index (χ1n) is 3.38. The second-order valence-electron chi connectivity index (χ2n) is 2.50. The number of halogens is 1. The van der Waals surface area contributed by atoms with Crippen molar-refractivity contribution in [2.24, 2.45) is 7.05 Å². The summed E-state index contributed by atoms with van der Waals surface area (Å²) in [4.78, 5) is 15.5. The molecule has 62 valence electrons. The normalized spacial score (nSPS) is 10.8. The van der Waals surface area contributed by atoms with Gasteiger partial charge in [-0.3, -0.25) is 9.20 Å². The molecule has 0 saturated heterocycles. The summed E-state index contributed by atoms with van der Waals surface area (Å²) in [6.45, 7) is 0. The van der Waals surface area contributed by atoms with Gasteiger partial charge in [0.15, 0.2) is 3.83 Å². The Balaban J connectivity index is 3.03. The van der Waals surface area contributed by atoms with Crippen LogP contribution in [0.1, 0.15) is 0 Å². The Bertz CT molecular complexity index is 485. The van der Waals surface area contributed by atoms with Crippen molar-refractivity contribution in [3.05, 3.63) is 32.8 Å². The van der Waals surface area contributed by atoms with Crippen molar-refractivity contribution in [1.82, 2.24) is 14.0 Å². The lowest BCUT2D eigenvalue weighted by molar-refractivity contribution is 0.843. The van der Waals surface area contributed by atoms with Gasteiger partial charge in [0, 0.05) is 42.0 Å². The van der Waals surface area contributed by atoms with Crippen molar-refractivity contribution in [3.8, 4) is 0 Å². The Morgan fingerprint density at radius 1 is 1.50 bits per heavy atom. The molecule has 0 amide bonds. The molecule has 0 aliphatic heterocycles. The third-order valence-corrected chi connectivity index (χ3v) is 2.53. The van der Waals surface area contributed by atoms with E-state index in [0.717, 1.165) is 3.83 Å². The lowest BCUT2D eigenvalue weighted by atomic mass is 10.5. The molecule has 0 bridgehead atoms. The van der Waals surface area contributed by atoms with Crippen molar-refractivity contribution in [3.63, 3.8) is 0 Å². The third kappa shape index (κ3) is 0.961. The van der Waals surface area contributed by atoms with E-state index in [-0.39, 0.29) is 5.56 Å². The van der Waals surface area contributed by atoms with Crippen LogP contribution in [0.2, 0.25) is 0 Å². The van der Waals surface area contributed by atoms with Crippen molar-refractivity contribution in [2.45, 2.75) is 0 Å². The molecule has 0 unspecified atom stereocenters. The molecular formula is C7H6IN3O. The summed E-state index contributed by atoms with van der Waals surface area (Å²) in [5.41, 5.74) is 0.595. The molecule has 5 heteroatoms. The highest BCUT2D eigenvalue weighted by atomic mass is 127. The molecule has 0 atom stereocenters. The van der Waals surface area contributed by atoms with Gasteiger partial charge in [-0.15, -0.1) is 0 Å². The van der Waals surface area contributed by atoms with Crippen molar-refractivity contribution < 1.29 is 0 Å². The third-order valence-electron chi connectivity index (χ3n) is 1.73. The number of aromatic nitrogens is 3. The summed E-state index contributed by atoms with van der Waals surface area (Å²) in [7, 11) is 1.72. The molecule has 4 nitrogen and oxygen atoms in total. The second kappa shape index (κ2) is 2.58. The zero-order valence-electron chi connectivity index (χ0n) is 6.36. The van der Waals surface area contributed by atoms with E-state index < -0.39 is 0 Å². The van der Waals surface area contributed by atoms with Crippen molar-refractivity contribution >= 4 is 28.1 Å². The fourth-order valence-corrected chi connectivity index (χ4v) is 1.61. The van der Waals surface area contributed by atoms with Crippen LogP contribution in [0.3, 0.4) is 0 Å². The van der Waals surface area contributed by atoms with E-state index in [1.54, 1.807) is 23.8 Å². The molecule has 2 heterocycles. The van der Waals surface area contributed by atoms with Crippen molar-refractivity contribution in [1.29, 1.82) is 0 Å². The summed E-state index contributed by atoms with van der Waals surface area (Å²) in [6, 6.07) is 0. The zero-order chi connectivity index (χ0) is 8.72. The maximum absolute atomic E-state index is 11.4. The van der Waals surface area contributed by atoms with E-state index in [1.165, 1.54) is 4.57 Å². The fourth-order valence-electron chi connectivity index (χ4n) is 1.05. The number of imidazole rings is 1. The van der Waals surface area contributed by atoms with Gasteiger partial charge in [-0.05, 0) is 0 Å². The summed E-state index contributed by atoms with van der Waals surface area (Å²) < 4.78 is 4.11. The summed E-state index contributed by atoms with van der Waals surface area (Å²) in [5, 5.41) is 0. The Morgan fingerprint density at radius 3 is 3.00 bits per heavy atom. The molecule has 2 aromatic heterocycles. The van der Waals surface area contributed by atoms with Gasteiger partial charge in [0.1, 0.15) is 5.52 Å². The quantitative estimate of drug-likeness (QED) is 0.662. The molecular weight excluding hydrogens is 269 g/mol. The number of fused-ring (bicyclic) bond motifs is 1. The van der Waals surface area contributed by atoms with Gasteiger partial charge < -0.3 is 4.57 Å². The van der Waals surface area contributed by atoms with Gasteiger partial charge in [0.2, 0.25) is 0 Å². The molecule has 0 radical (unpaired) electrons. The molecule has 0 aliphatic carbocycles. The molecule has 0 N–H and O–H groups in total. The highest BCUT2D eigenvalue weighted by molar-refractivity contribution is 14.1. The monoisotopic (exact) mass is 275 g/mol. The highest BCUT2D eigenvalue weighted by Gasteiger charge is 2.03. The van der Waals surface area contributed by atoms with E-state index in [2.05, 4.69) is 27.6 Å². The minimum Gasteiger partial charge on any atom is -0.315 e. The van der Waals surface area contributed by atoms with Gasteiger partial charge in [-0.25, -0.2) is 4.98 Å². The smallest absolute Gasteiger partial charge is 0.276 e. The molecule has 12 heavy (non-hydrogen) atoms. The predicted molar refractivity (Wildman–Crippen MR) is 53.2 cm³/mol. The molecule has 0 aromatic carbocycles. The molecule has 2 aromatic rings. The number of hydrogen-bond donors (Lipinski definition) is 0. The van der Waals surface area contributed by atoms with Crippen LogP contribution in [0.15, 0.2) is 23.4 Å². The Kier molecular flexibility index (Phi) is 1.67. The second-order valence-corrected chi connectivity index (χ2v) is 3.46. The lowest BCUT2D eigenvalue weighted by Gasteiger charge is -1.97. The maximum atomic E-state index is 11.4. The Morgan fingerprint density at radius 2 is 2.25 bits per heavy atom. The zero-order valence-corrected chi connectivity index (χ0v) is 8.52. The van der Waals surface area contributed by atoms with Crippen LogP contribution in [0, 0.1) is 3.83 Å². The lowest BCUT2D eigenvalue weighted by Crippen LogP contribution is -2.17. The van der Waals surface area contributed by atoms with Gasteiger partial charge >= 0.3 is 0 Å². The molecule has 2 rings (SSSR count). The summed E-state index contributed by atoms with van der Waals surface area (Å²) in [5.74, 6) is 0. The summed E-state index contributed by atoms with van der Waals surface area (Å²) >= 11 is 2.09. The molecule has 0 aliphatic rings. The van der Waals surface area contributed by atoms with Crippen LogP contribution in [0.4, 0.5) is 0 Å². The van der Waals surface area contributed by atoms with Crippen molar-refractivity contribution in [2.75, 3.05) is 0 Å². The van der Waals surface area contributed by atoms with Crippen LogP contribution in [-0.4, -0.2) is 14.0 Å². The first-order chi connectivity index (χ1) is 5.70. The highest BCUT2D eigenvalue weighted by Crippen LogP contribution is 2.03. The number of nitrogens with zero attached hydrogens (tertiary/aromatic N) is 3. The van der Waals surface area contributed by atoms with Gasteiger partial charge in [-0.2, -0.15) is 0 Å². The van der Waals surface area contributed by atoms with Crippen LogP contribution < -0.4 is 5.56 Å². The SMILES string of the molecule is Cn1ccn2c(I)ncc2c1=O. The van der Waals surface area contributed by atoms with E-state index >= 15 is 0 Å². The average Bonchev–Trinajstić information content (AvgIpc) is 2.41. The van der Waals surface area contributed by atoms with Gasteiger partial charge in [0.25, 0.3) is 5.56 Å². The van der Waals surface area contributed by atoms with Gasteiger partial charge in [0.05, 0.1) is 6.20 Å². The minimum atomic E-state index is -0.0204. The van der Waals surface area contributed by atoms with E-state index in [0.29, 0.717) is 5.52 Å². The van der Waals surface area contributed by atoms with Crippen LogP contribution in [0.25, 0.3) is 5.52 Å². The van der Waals surface area contributed by atoms with E-state index in [9.17, 15) is 4.79 Å². The summed E-state index contributed by atoms with van der Waals surface area (Å²) in [6.07, 6.45) is 5.13. The van der Waals surface area contributed by atoms with E-state index in [1.807, 2.05) is 6.20 Å². The minimum absolute atomic E-state index is 0.0204. The number of aryl methyl sites for hydroxylation is 1. The van der Waals surface area contributed by atoms with Crippen LogP contribution in [-0.2, 0) is 7.05 Å². The number of hydrogen-bond acceptors (Lipinski definition) is 2. The first kappa shape index (κ1) is 7.78. The maximum Gasteiger partial charge on any atom is 0.276 e. The van der Waals surface area contributed by atoms with Gasteiger partial charge in [-0.1, -0.05) is 0 Å². The number of rotatable bonds is 0. The average molecular weight is 275 g/mol. The largest absolute Gasteiger partial charge is 0.315 e. The molecule has 0 saturated carbocycles. The predicted octanol–water partition coefficient (Wildman–Crippen LogP) is 0.638. The standard InChI is InChI=1S/C7H6IN3O/c1-10-2-3-11-5(6(10)12)4-9-7(11)8/h2-4H,1H3. The van der Waals surface area contributed by atoms with Crippen LogP contribution >= 0.6 is 22.6 Å². The van der Waals surface area contributed by atoms with Crippen LogP contribution in [0.5, 0.6) is 0 Å². The Hall–Kier alpha value is -0.850.